The van der Waals surface area contributed by atoms with Crippen molar-refractivity contribution in [3.05, 3.63) is 66.1 Å². The lowest BCUT2D eigenvalue weighted by molar-refractivity contribution is -0.115. The van der Waals surface area contributed by atoms with E-state index in [1.54, 1.807) is 24.3 Å². The first-order valence-corrected chi connectivity index (χ1v) is 9.86. The number of thioether (sulfide) groups is 1. The van der Waals surface area contributed by atoms with E-state index in [1.165, 1.54) is 12.5 Å². The third kappa shape index (κ3) is 4.36. The zero-order valence-corrected chi connectivity index (χ0v) is 16.4. The molecule has 0 bridgehead atoms. The molecule has 2 N–H and O–H groups in total. The molecule has 0 saturated heterocycles. The number of hydrogen-bond acceptors (Lipinski definition) is 5. The van der Waals surface area contributed by atoms with Crippen molar-refractivity contribution in [2.75, 3.05) is 11.1 Å². The summed E-state index contributed by atoms with van der Waals surface area (Å²) in [6.07, 6.45) is 2.81. The Kier molecular flexibility index (Phi) is 5.85. The molecule has 0 fully saturated rings. The summed E-state index contributed by atoms with van der Waals surface area (Å²) >= 11 is 1.16. The van der Waals surface area contributed by atoms with Gasteiger partial charge in [0.25, 0.3) is 0 Å². The van der Waals surface area contributed by atoms with Crippen LogP contribution in [0.3, 0.4) is 0 Å². The third-order valence-corrected chi connectivity index (χ3v) is 5.02. The van der Waals surface area contributed by atoms with Gasteiger partial charge in [-0.05, 0) is 24.3 Å². The summed E-state index contributed by atoms with van der Waals surface area (Å²) in [5.74, 6) is -6.16. The van der Waals surface area contributed by atoms with E-state index in [0.29, 0.717) is 28.1 Å². The standard InChI is InChI=1S/C20H13F4N3O3S/c21-10-9-11(22)16(24)19(15(10)23)25-14(28)5-8-31-20-26-17(12-3-1-6-29-12)18(27-20)13-4-2-7-30-13/h1-4,6-7,9H,5,8H2,(H,25,28)(H,26,27). The second-order valence-electron chi connectivity index (χ2n) is 6.21. The minimum Gasteiger partial charge on any atom is -0.463 e. The number of H-pyrrole nitrogens is 1. The topological polar surface area (TPSA) is 84.1 Å². The van der Waals surface area contributed by atoms with Gasteiger partial charge >= 0.3 is 0 Å². The number of furan rings is 2. The average molecular weight is 451 g/mol. The minimum absolute atomic E-state index is 0.0697. The number of amides is 1. The van der Waals surface area contributed by atoms with E-state index in [9.17, 15) is 22.4 Å². The highest BCUT2D eigenvalue weighted by Gasteiger charge is 2.21. The molecule has 6 nitrogen and oxygen atoms in total. The Balaban J connectivity index is 1.44. The molecule has 11 heteroatoms. The maximum Gasteiger partial charge on any atom is 0.225 e. The summed E-state index contributed by atoms with van der Waals surface area (Å²) in [4.78, 5) is 19.5. The molecule has 3 heterocycles. The van der Waals surface area contributed by atoms with E-state index in [1.807, 2.05) is 5.32 Å². The number of carbonyl (C=O) groups excluding carboxylic acids is 1. The van der Waals surface area contributed by atoms with Crippen molar-refractivity contribution in [3.8, 4) is 22.9 Å². The van der Waals surface area contributed by atoms with Gasteiger partial charge in [-0.25, -0.2) is 22.5 Å². The first-order chi connectivity index (χ1) is 14.9. The molecule has 160 valence electrons. The van der Waals surface area contributed by atoms with Crippen LogP contribution in [0.2, 0.25) is 0 Å². The molecule has 4 aromatic rings. The smallest absolute Gasteiger partial charge is 0.225 e. The van der Waals surface area contributed by atoms with E-state index in [4.69, 9.17) is 8.83 Å². The Morgan fingerprint density at radius 3 is 2.29 bits per heavy atom. The zero-order chi connectivity index (χ0) is 22.0. The third-order valence-electron chi connectivity index (χ3n) is 4.15. The number of nitrogens with one attached hydrogen (secondary N) is 2. The van der Waals surface area contributed by atoms with Crippen molar-refractivity contribution in [3.63, 3.8) is 0 Å². The number of hydrogen-bond donors (Lipinski definition) is 2. The van der Waals surface area contributed by atoms with Crippen molar-refractivity contribution in [1.29, 1.82) is 0 Å². The molecule has 0 aliphatic rings. The van der Waals surface area contributed by atoms with Crippen molar-refractivity contribution >= 4 is 23.4 Å². The van der Waals surface area contributed by atoms with Crippen LogP contribution in [0.15, 0.2) is 56.8 Å². The van der Waals surface area contributed by atoms with E-state index < -0.39 is 34.9 Å². The van der Waals surface area contributed by atoms with Crippen LogP contribution in [0.5, 0.6) is 0 Å². The molecule has 4 rings (SSSR count). The number of rotatable bonds is 7. The molecule has 0 saturated carbocycles. The van der Waals surface area contributed by atoms with Crippen LogP contribution in [0.4, 0.5) is 23.2 Å². The number of aromatic nitrogens is 2. The molecule has 0 spiro atoms. The summed E-state index contributed by atoms with van der Waals surface area (Å²) in [5, 5.41) is 2.31. The monoisotopic (exact) mass is 451 g/mol. The summed E-state index contributed by atoms with van der Waals surface area (Å²) in [6.45, 7) is 0. The number of nitrogens with zero attached hydrogens (tertiary/aromatic N) is 1. The van der Waals surface area contributed by atoms with Gasteiger partial charge < -0.3 is 19.1 Å². The van der Waals surface area contributed by atoms with Gasteiger partial charge in [0.15, 0.2) is 39.9 Å². The van der Waals surface area contributed by atoms with Gasteiger partial charge in [0.2, 0.25) is 5.91 Å². The van der Waals surface area contributed by atoms with Crippen LogP contribution in [0.25, 0.3) is 22.9 Å². The number of imidazole rings is 1. The summed E-state index contributed by atoms with van der Waals surface area (Å²) in [7, 11) is 0. The maximum atomic E-state index is 13.7. The number of benzene rings is 1. The number of halogens is 4. The highest BCUT2D eigenvalue weighted by Crippen LogP contribution is 2.33. The highest BCUT2D eigenvalue weighted by atomic mass is 32.2. The Hall–Kier alpha value is -3.47. The molecule has 0 atom stereocenters. The molecule has 0 radical (unpaired) electrons. The van der Waals surface area contributed by atoms with Crippen molar-refractivity contribution in [2.24, 2.45) is 0 Å². The molecular weight excluding hydrogens is 438 g/mol. The molecule has 1 amide bonds. The van der Waals surface area contributed by atoms with Crippen molar-refractivity contribution in [1.82, 2.24) is 9.97 Å². The van der Waals surface area contributed by atoms with Crippen LogP contribution in [0.1, 0.15) is 6.42 Å². The van der Waals surface area contributed by atoms with Crippen LogP contribution >= 0.6 is 11.8 Å². The predicted octanol–water partition coefficient (Wildman–Crippen LogP) is 5.61. The SMILES string of the molecule is O=C(CCSc1nc(-c2ccco2)c(-c2ccco2)[nH]1)Nc1c(F)c(F)cc(F)c1F. The van der Waals surface area contributed by atoms with Crippen molar-refractivity contribution in [2.45, 2.75) is 11.6 Å². The van der Waals surface area contributed by atoms with E-state index >= 15 is 0 Å². The van der Waals surface area contributed by atoms with E-state index in [2.05, 4.69) is 9.97 Å². The zero-order valence-electron chi connectivity index (χ0n) is 15.5. The van der Waals surface area contributed by atoms with Crippen LogP contribution in [-0.4, -0.2) is 21.6 Å². The molecular formula is C20H13F4N3O3S. The summed E-state index contributed by atoms with van der Waals surface area (Å²) in [5.41, 5.74) is -0.0803. The summed E-state index contributed by atoms with van der Waals surface area (Å²) in [6, 6.07) is 6.96. The first kappa shape index (κ1) is 20.8. The Morgan fingerprint density at radius 1 is 1.03 bits per heavy atom. The lowest BCUT2D eigenvalue weighted by Gasteiger charge is -2.08. The first-order valence-electron chi connectivity index (χ1n) is 8.87. The Bertz CT molecular complexity index is 1130. The van der Waals surface area contributed by atoms with Gasteiger partial charge in [0.05, 0.1) is 12.5 Å². The van der Waals surface area contributed by atoms with E-state index in [0.717, 1.165) is 11.8 Å². The fourth-order valence-electron chi connectivity index (χ4n) is 2.74. The second-order valence-corrected chi connectivity index (χ2v) is 7.29. The highest BCUT2D eigenvalue weighted by molar-refractivity contribution is 7.99. The van der Waals surface area contributed by atoms with Gasteiger partial charge in [-0.2, -0.15) is 0 Å². The fraction of sp³-hybridized carbons (Fsp3) is 0.100. The normalized spacial score (nSPS) is 11.1. The van der Waals surface area contributed by atoms with Gasteiger partial charge in [0.1, 0.15) is 17.1 Å². The second kappa shape index (κ2) is 8.72. The Labute approximate surface area is 176 Å². The molecule has 31 heavy (non-hydrogen) atoms. The van der Waals surface area contributed by atoms with Crippen molar-refractivity contribution < 1.29 is 31.2 Å². The van der Waals surface area contributed by atoms with Crippen LogP contribution in [-0.2, 0) is 4.79 Å². The number of aromatic amines is 1. The van der Waals surface area contributed by atoms with Gasteiger partial charge in [-0.15, -0.1) is 0 Å². The van der Waals surface area contributed by atoms with Crippen LogP contribution in [0, 0.1) is 23.3 Å². The fourth-order valence-corrected chi connectivity index (χ4v) is 3.55. The molecule has 0 unspecified atom stereocenters. The molecule has 3 aromatic heterocycles. The summed E-state index contributed by atoms with van der Waals surface area (Å²) < 4.78 is 64.6. The molecule has 0 aliphatic heterocycles. The largest absolute Gasteiger partial charge is 0.463 e. The molecule has 0 aliphatic carbocycles. The minimum atomic E-state index is -1.67. The number of carbonyl (C=O) groups is 1. The van der Waals surface area contributed by atoms with Gasteiger partial charge in [-0.1, -0.05) is 11.8 Å². The van der Waals surface area contributed by atoms with E-state index in [-0.39, 0.29) is 18.2 Å². The predicted molar refractivity (Wildman–Crippen MR) is 104 cm³/mol. The lowest BCUT2D eigenvalue weighted by atomic mass is 10.2. The maximum absolute atomic E-state index is 13.7. The Morgan fingerprint density at radius 2 is 1.68 bits per heavy atom. The average Bonchev–Trinajstić information content (AvgIpc) is 3.50. The van der Waals surface area contributed by atoms with Gasteiger partial charge in [-0.3, -0.25) is 4.79 Å². The quantitative estimate of drug-likeness (QED) is 0.217. The number of anilines is 1. The lowest BCUT2D eigenvalue weighted by Crippen LogP contribution is -2.16. The molecule has 1 aromatic carbocycles. The van der Waals surface area contributed by atoms with Gasteiger partial charge in [0, 0.05) is 18.2 Å². The van der Waals surface area contributed by atoms with Crippen LogP contribution < -0.4 is 5.32 Å².